The maximum absolute atomic E-state index is 12.5. The summed E-state index contributed by atoms with van der Waals surface area (Å²) in [5.74, 6) is 0.543. The Kier molecular flexibility index (Phi) is 3.26. The maximum atomic E-state index is 12.5. The van der Waals surface area contributed by atoms with Gasteiger partial charge in [-0.15, -0.1) is 0 Å². The second-order valence-corrected chi connectivity index (χ2v) is 6.63. The van der Waals surface area contributed by atoms with Crippen molar-refractivity contribution in [2.24, 2.45) is 11.3 Å². The predicted molar refractivity (Wildman–Crippen MR) is 79.1 cm³/mol. The van der Waals surface area contributed by atoms with Crippen LogP contribution in [0.25, 0.3) is 0 Å². The molecule has 21 heavy (non-hydrogen) atoms. The molecule has 114 valence electrons. The van der Waals surface area contributed by atoms with Crippen molar-refractivity contribution < 1.29 is 9.59 Å². The quantitative estimate of drug-likeness (QED) is 0.794. The maximum Gasteiger partial charge on any atom is 0.344 e. The summed E-state index contributed by atoms with van der Waals surface area (Å²) in [5, 5.41) is 4.11. The summed E-state index contributed by atoms with van der Waals surface area (Å²) in [6, 6.07) is -0.0890. The Hall–Kier alpha value is -1.85. The molecular weight excluding hydrogens is 268 g/mol. The SMILES string of the molecule is CC(=O)N(C)c1cnn(C(=O)N2C[C@H]3CCC[C@@]3(C)C2)c1. The number of likely N-dealkylation sites (tertiary alicyclic amines) is 1. The number of hydrogen-bond acceptors (Lipinski definition) is 3. The molecule has 0 bridgehead atoms. The molecule has 0 spiro atoms. The number of fused-ring (bicyclic) bond motifs is 1. The number of carbonyl (C=O) groups excluding carboxylic acids is 2. The fraction of sp³-hybridized carbons (Fsp3) is 0.667. The first kappa shape index (κ1) is 14.1. The van der Waals surface area contributed by atoms with E-state index in [9.17, 15) is 9.59 Å². The van der Waals surface area contributed by atoms with E-state index in [4.69, 9.17) is 0 Å². The molecular formula is C15H22N4O2. The Balaban J connectivity index is 1.73. The Labute approximate surface area is 124 Å². The van der Waals surface area contributed by atoms with Crippen molar-refractivity contribution in [1.82, 2.24) is 14.7 Å². The number of nitrogens with zero attached hydrogens (tertiary/aromatic N) is 4. The molecule has 1 saturated heterocycles. The van der Waals surface area contributed by atoms with E-state index in [0.29, 0.717) is 11.6 Å². The predicted octanol–water partition coefficient (Wildman–Crippen LogP) is 1.96. The van der Waals surface area contributed by atoms with Crippen LogP contribution in [0.5, 0.6) is 0 Å². The summed E-state index contributed by atoms with van der Waals surface area (Å²) in [6.07, 6.45) is 6.88. The van der Waals surface area contributed by atoms with Crippen molar-refractivity contribution in [3.8, 4) is 0 Å². The van der Waals surface area contributed by atoms with E-state index in [2.05, 4.69) is 12.0 Å². The molecule has 1 aliphatic heterocycles. The van der Waals surface area contributed by atoms with Crippen molar-refractivity contribution in [3.05, 3.63) is 12.4 Å². The fourth-order valence-corrected chi connectivity index (χ4v) is 3.65. The fourth-order valence-electron chi connectivity index (χ4n) is 3.65. The minimum Gasteiger partial charge on any atom is -0.322 e. The summed E-state index contributed by atoms with van der Waals surface area (Å²) in [5.41, 5.74) is 0.920. The van der Waals surface area contributed by atoms with Crippen LogP contribution in [0, 0.1) is 11.3 Å². The van der Waals surface area contributed by atoms with Gasteiger partial charge in [-0.1, -0.05) is 13.3 Å². The molecule has 0 radical (unpaired) electrons. The van der Waals surface area contributed by atoms with Crippen molar-refractivity contribution in [1.29, 1.82) is 0 Å². The van der Waals surface area contributed by atoms with Gasteiger partial charge in [0, 0.05) is 27.1 Å². The lowest BCUT2D eigenvalue weighted by Gasteiger charge is -2.22. The van der Waals surface area contributed by atoms with Gasteiger partial charge in [-0.05, 0) is 24.2 Å². The van der Waals surface area contributed by atoms with E-state index in [1.807, 2.05) is 4.90 Å². The van der Waals surface area contributed by atoms with Gasteiger partial charge in [-0.2, -0.15) is 9.78 Å². The number of amides is 2. The molecule has 0 aromatic carbocycles. The van der Waals surface area contributed by atoms with Gasteiger partial charge in [0.15, 0.2) is 0 Å². The summed E-state index contributed by atoms with van der Waals surface area (Å²) < 4.78 is 1.35. The average Bonchev–Trinajstić information content (AvgIpc) is 3.09. The Bertz CT molecular complexity index is 582. The second-order valence-electron chi connectivity index (χ2n) is 6.63. The molecule has 0 N–H and O–H groups in total. The van der Waals surface area contributed by atoms with Crippen LogP contribution in [0.4, 0.5) is 10.5 Å². The third-order valence-electron chi connectivity index (χ3n) is 5.17. The number of aromatic nitrogens is 2. The Morgan fingerprint density at radius 2 is 2.24 bits per heavy atom. The summed E-state index contributed by atoms with van der Waals surface area (Å²) >= 11 is 0. The Morgan fingerprint density at radius 3 is 2.90 bits per heavy atom. The van der Waals surface area contributed by atoms with Gasteiger partial charge < -0.3 is 9.80 Å². The zero-order valence-electron chi connectivity index (χ0n) is 12.9. The molecule has 1 aliphatic carbocycles. The minimum absolute atomic E-state index is 0.0785. The molecule has 2 fully saturated rings. The highest BCUT2D eigenvalue weighted by Gasteiger charge is 2.47. The van der Waals surface area contributed by atoms with Crippen LogP contribution in [0.1, 0.15) is 33.1 Å². The standard InChI is InChI=1S/C15H22N4O2/c1-11(20)17(3)13-7-16-19(9-13)14(21)18-8-12-5-4-6-15(12,2)10-18/h7,9,12H,4-6,8,10H2,1-3H3/t12-,15+/m1/s1. The largest absolute Gasteiger partial charge is 0.344 e. The molecule has 3 rings (SSSR count). The van der Waals surface area contributed by atoms with E-state index < -0.39 is 0 Å². The van der Waals surface area contributed by atoms with Gasteiger partial charge in [0.05, 0.1) is 18.1 Å². The summed E-state index contributed by atoms with van der Waals surface area (Å²) in [4.78, 5) is 27.3. The molecule has 0 unspecified atom stereocenters. The summed E-state index contributed by atoms with van der Waals surface area (Å²) in [6.45, 7) is 5.42. The number of carbonyl (C=O) groups is 2. The van der Waals surface area contributed by atoms with E-state index in [1.165, 1.54) is 35.8 Å². The van der Waals surface area contributed by atoms with E-state index in [-0.39, 0.29) is 17.4 Å². The third kappa shape index (κ3) is 2.32. The minimum atomic E-state index is -0.0890. The van der Waals surface area contributed by atoms with Gasteiger partial charge in [-0.3, -0.25) is 4.79 Å². The normalized spacial score (nSPS) is 27.8. The van der Waals surface area contributed by atoms with Crippen LogP contribution >= 0.6 is 0 Å². The van der Waals surface area contributed by atoms with Crippen LogP contribution in [0.15, 0.2) is 12.4 Å². The van der Waals surface area contributed by atoms with Gasteiger partial charge in [0.1, 0.15) is 0 Å². The smallest absolute Gasteiger partial charge is 0.322 e. The topological polar surface area (TPSA) is 58.4 Å². The van der Waals surface area contributed by atoms with Crippen molar-refractivity contribution in [3.63, 3.8) is 0 Å². The molecule has 2 aliphatic rings. The van der Waals surface area contributed by atoms with Gasteiger partial charge >= 0.3 is 6.03 Å². The van der Waals surface area contributed by atoms with Crippen LogP contribution in [0.3, 0.4) is 0 Å². The van der Waals surface area contributed by atoms with Crippen molar-refractivity contribution >= 4 is 17.6 Å². The summed E-state index contributed by atoms with van der Waals surface area (Å²) in [7, 11) is 1.68. The van der Waals surface area contributed by atoms with Crippen LogP contribution in [-0.2, 0) is 4.79 Å². The third-order valence-corrected chi connectivity index (χ3v) is 5.17. The van der Waals surface area contributed by atoms with Crippen LogP contribution < -0.4 is 4.90 Å². The molecule has 1 aromatic rings. The lowest BCUT2D eigenvalue weighted by Crippen LogP contribution is -2.34. The highest BCUT2D eigenvalue weighted by atomic mass is 16.2. The molecule has 1 saturated carbocycles. The first-order chi connectivity index (χ1) is 9.90. The lowest BCUT2D eigenvalue weighted by atomic mass is 9.83. The molecule has 1 aromatic heterocycles. The lowest BCUT2D eigenvalue weighted by molar-refractivity contribution is -0.116. The number of rotatable bonds is 1. The molecule has 6 nitrogen and oxygen atoms in total. The van der Waals surface area contributed by atoms with E-state index >= 15 is 0 Å². The molecule has 2 heterocycles. The van der Waals surface area contributed by atoms with Crippen LogP contribution in [0.2, 0.25) is 0 Å². The zero-order valence-corrected chi connectivity index (χ0v) is 12.9. The van der Waals surface area contributed by atoms with E-state index in [1.54, 1.807) is 19.4 Å². The second kappa shape index (κ2) is 4.86. The average molecular weight is 290 g/mol. The monoisotopic (exact) mass is 290 g/mol. The highest BCUT2D eigenvalue weighted by Crippen LogP contribution is 2.48. The van der Waals surface area contributed by atoms with Gasteiger partial charge in [0.2, 0.25) is 5.91 Å². The number of anilines is 1. The zero-order chi connectivity index (χ0) is 15.2. The molecule has 6 heteroatoms. The van der Waals surface area contributed by atoms with Crippen LogP contribution in [-0.4, -0.2) is 46.8 Å². The first-order valence-corrected chi connectivity index (χ1v) is 7.49. The molecule has 2 atom stereocenters. The number of hydrogen-bond donors (Lipinski definition) is 0. The van der Waals surface area contributed by atoms with Crippen molar-refractivity contribution in [2.75, 3.05) is 25.0 Å². The highest BCUT2D eigenvalue weighted by molar-refractivity contribution is 5.91. The van der Waals surface area contributed by atoms with Crippen molar-refractivity contribution in [2.45, 2.75) is 33.1 Å². The molecule has 2 amide bonds. The van der Waals surface area contributed by atoms with Gasteiger partial charge in [-0.25, -0.2) is 4.79 Å². The van der Waals surface area contributed by atoms with Gasteiger partial charge in [0.25, 0.3) is 0 Å². The van der Waals surface area contributed by atoms with E-state index in [0.717, 1.165) is 13.1 Å². The first-order valence-electron chi connectivity index (χ1n) is 7.49. The Morgan fingerprint density at radius 1 is 1.48 bits per heavy atom.